The minimum absolute atomic E-state index is 0.0330. The van der Waals surface area contributed by atoms with Crippen molar-refractivity contribution in [2.75, 3.05) is 10.6 Å². The Labute approximate surface area is 142 Å². The van der Waals surface area contributed by atoms with Crippen LogP contribution in [-0.2, 0) is 9.59 Å². The third-order valence-corrected chi connectivity index (χ3v) is 4.27. The van der Waals surface area contributed by atoms with Gasteiger partial charge in [0.25, 0.3) is 0 Å². The Morgan fingerprint density at radius 2 is 1.67 bits per heavy atom. The largest absolute Gasteiger partial charge is 0.326 e. The van der Waals surface area contributed by atoms with E-state index in [-0.39, 0.29) is 23.7 Å². The van der Waals surface area contributed by atoms with E-state index in [1.165, 1.54) is 0 Å². The van der Waals surface area contributed by atoms with Crippen LogP contribution in [0.1, 0.15) is 37.7 Å². The van der Waals surface area contributed by atoms with Crippen LogP contribution in [0.15, 0.2) is 54.6 Å². The Kier molecular flexibility index (Phi) is 4.94. The maximum Gasteiger partial charge on any atom is 0.231 e. The minimum Gasteiger partial charge on any atom is -0.326 e. The first kappa shape index (κ1) is 16.2. The number of benzene rings is 2. The second kappa shape index (κ2) is 7.30. The molecule has 2 N–H and O–H groups in total. The molecule has 0 spiro atoms. The number of amides is 2. The Hall–Kier alpha value is -2.62. The Balaban J connectivity index is 1.68. The molecule has 1 saturated carbocycles. The predicted octanol–water partition coefficient (Wildman–Crippen LogP) is 4.17. The van der Waals surface area contributed by atoms with E-state index in [1.807, 2.05) is 55.5 Å². The third kappa shape index (κ3) is 4.02. The van der Waals surface area contributed by atoms with Gasteiger partial charge in [0.1, 0.15) is 0 Å². The molecule has 0 radical (unpaired) electrons. The maximum absolute atomic E-state index is 12.6. The van der Waals surface area contributed by atoms with Gasteiger partial charge in [0, 0.05) is 17.3 Å². The van der Waals surface area contributed by atoms with Gasteiger partial charge in [-0.3, -0.25) is 9.59 Å². The fourth-order valence-corrected chi connectivity index (χ4v) is 2.75. The summed E-state index contributed by atoms with van der Waals surface area (Å²) in [5.74, 6) is 0.00489. The average Bonchev–Trinajstić information content (AvgIpc) is 3.42. The van der Waals surface area contributed by atoms with Crippen molar-refractivity contribution in [1.29, 1.82) is 0 Å². The predicted molar refractivity (Wildman–Crippen MR) is 95.9 cm³/mol. The van der Waals surface area contributed by atoms with Gasteiger partial charge in [0.2, 0.25) is 11.8 Å². The van der Waals surface area contributed by atoms with Gasteiger partial charge in [0.05, 0.1) is 5.92 Å². The zero-order valence-corrected chi connectivity index (χ0v) is 13.8. The number of carbonyl (C=O) groups excluding carboxylic acids is 2. The molecule has 2 amide bonds. The fraction of sp³-hybridized carbons (Fsp3) is 0.300. The van der Waals surface area contributed by atoms with Gasteiger partial charge in [-0.2, -0.15) is 0 Å². The number of rotatable bonds is 6. The first-order valence-corrected chi connectivity index (χ1v) is 8.44. The van der Waals surface area contributed by atoms with Crippen molar-refractivity contribution in [3.63, 3.8) is 0 Å². The van der Waals surface area contributed by atoms with Crippen molar-refractivity contribution in [3.05, 3.63) is 60.2 Å². The third-order valence-electron chi connectivity index (χ3n) is 4.27. The summed E-state index contributed by atoms with van der Waals surface area (Å²) in [5.41, 5.74) is 2.43. The van der Waals surface area contributed by atoms with Crippen LogP contribution < -0.4 is 10.6 Å². The van der Waals surface area contributed by atoms with E-state index in [0.717, 1.165) is 30.5 Å². The highest BCUT2D eigenvalue weighted by Crippen LogP contribution is 2.30. The Morgan fingerprint density at radius 1 is 1.00 bits per heavy atom. The van der Waals surface area contributed by atoms with E-state index in [2.05, 4.69) is 10.6 Å². The first-order valence-electron chi connectivity index (χ1n) is 8.44. The molecule has 0 aromatic heterocycles. The van der Waals surface area contributed by atoms with Crippen LogP contribution in [0.25, 0.3) is 0 Å². The normalized spacial score (nSPS) is 14.7. The van der Waals surface area contributed by atoms with Crippen LogP contribution in [-0.4, -0.2) is 11.8 Å². The van der Waals surface area contributed by atoms with Gasteiger partial charge in [-0.15, -0.1) is 0 Å². The second-order valence-electron chi connectivity index (χ2n) is 6.21. The summed E-state index contributed by atoms with van der Waals surface area (Å²) in [4.78, 5) is 24.4. The number of hydrogen-bond acceptors (Lipinski definition) is 2. The molecule has 24 heavy (non-hydrogen) atoms. The number of anilines is 2. The van der Waals surface area contributed by atoms with Crippen molar-refractivity contribution in [2.24, 2.45) is 5.92 Å². The van der Waals surface area contributed by atoms with E-state index in [0.29, 0.717) is 5.69 Å². The molecule has 1 fully saturated rings. The highest BCUT2D eigenvalue weighted by atomic mass is 16.2. The summed E-state index contributed by atoms with van der Waals surface area (Å²) in [5, 5.41) is 5.86. The molecule has 4 heteroatoms. The van der Waals surface area contributed by atoms with E-state index in [1.54, 1.807) is 6.07 Å². The molecule has 2 aromatic rings. The topological polar surface area (TPSA) is 58.2 Å². The summed E-state index contributed by atoms with van der Waals surface area (Å²) in [6.45, 7) is 2.00. The van der Waals surface area contributed by atoms with Gasteiger partial charge < -0.3 is 10.6 Å². The van der Waals surface area contributed by atoms with Gasteiger partial charge in [0.15, 0.2) is 0 Å². The number of carbonyl (C=O) groups is 2. The molecular formula is C20H22N2O2. The Bertz CT molecular complexity index is 723. The summed E-state index contributed by atoms with van der Waals surface area (Å²) >= 11 is 0. The summed E-state index contributed by atoms with van der Waals surface area (Å²) in [6.07, 6.45) is 2.67. The van der Waals surface area contributed by atoms with Crippen LogP contribution in [0.5, 0.6) is 0 Å². The SMILES string of the molecule is CC[C@@H](C(=O)Nc1cccc(NC(=O)C2CC2)c1)c1ccccc1. The lowest BCUT2D eigenvalue weighted by molar-refractivity contribution is -0.118. The van der Waals surface area contributed by atoms with Crippen LogP contribution in [0.2, 0.25) is 0 Å². The zero-order valence-electron chi connectivity index (χ0n) is 13.8. The molecule has 0 bridgehead atoms. The first-order chi connectivity index (χ1) is 11.7. The molecule has 1 atom stereocenters. The van der Waals surface area contributed by atoms with Gasteiger partial charge in [-0.05, 0) is 43.0 Å². The van der Waals surface area contributed by atoms with Gasteiger partial charge in [-0.25, -0.2) is 0 Å². The average molecular weight is 322 g/mol. The van der Waals surface area contributed by atoms with Crippen LogP contribution in [0, 0.1) is 5.92 Å². The molecule has 124 valence electrons. The molecule has 0 unspecified atom stereocenters. The molecule has 1 aliphatic rings. The molecular weight excluding hydrogens is 300 g/mol. The second-order valence-corrected chi connectivity index (χ2v) is 6.21. The van der Waals surface area contributed by atoms with Crippen LogP contribution in [0.4, 0.5) is 11.4 Å². The van der Waals surface area contributed by atoms with Crippen molar-refractivity contribution in [1.82, 2.24) is 0 Å². The van der Waals surface area contributed by atoms with E-state index in [9.17, 15) is 9.59 Å². The van der Waals surface area contributed by atoms with Crippen LogP contribution >= 0.6 is 0 Å². The van der Waals surface area contributed by atoms with Crippen molar-refractivity contribution >= 4 is 23.2 Å². The smallest absolute Gasteiger partial charge is 0.231 e. The van der Waals surface area contributed by atoms with Crippen molar-refractivity contribution in [2.45, 2.75) is 32.1 Å². The minimum atomic E-state index is -0.184. The highest BCUT2D eigenvalue weighted by Gasteiger charge is 2.29. The van der Waals surface area contributed by atoms with Crippen molar-refractivity contribution in [3.8, 4) is 0 Å². The van der Waals surface area contributed by atoms with E-state index < -0.39 is 0 Å². The lowest BCUT2D eigenvalue weighted by atomic mass is 9.95. The number of hydrogen-bond donors (Lipinski definition) is 2. The molecule has 0 aliphatic heterocycles. The summed E-state index contributed by atoms with van der Waals surface area (Å²) < 4.78 is 0. The molecule has 0 saturated heterocycles. The van der Waals surface area contributed by atoms with Gasteiger partial charge >= 0.3 is 0 Å². The van der Waals surface area contributed by atoms with E-state index in [4.69, 9.17) is 0 Å². The quantitative estimate of drug-likeness (QED) is 0.838. The molecule has 1 aliphatic carbocycles. The Morgan fingerprint density at radius 3 is 2.29 bits per heavy atom. The maximum atomic E-state index is 12.6. The van der Waals surface area contributed by atoms with Crippen molar-refractivity contribution < 1.29 is 9.59 Å². The fourth-order valence-electron chi connectivity index (χ4n) is 2.75. The molecule has 0 heterocycles. The molecule has 4 nitrogen and oxygen atoms in total. The monoisotopic (exact) mass is 322 g/mol. The summed E-state index contributed by atoms with van der Waals surface area (Å²) in [7, 11) is 0. The lowest BCUT2D eigenvalue weighted by Crippen LogP contribution is -2.21. The van der Waals surface area contributed by atoms with Gasteiger partial charge in [-0.1, -0.05) is 43.3 Å². The summed E-state index contributed by atoms with van der Waals surface area (Å²) in [6, 6.07) is 17.1. The lowest BCUT2D eigenvalue weighted by Gasteiger charge is -2.16. The molecule has 2 aromatic carbocycles. The molecule has 3 rings (SSSR count). The van der Waals surface area contributed by atoms with E-state index >= 15 is 0 Å². The highest BCUT2D eigenvalue weighted by molar-refractivity contribution is 5.98. The standard InChI is InChI=1S/C20H22N2O2/c1-2-18(14-7-4-3-5-8-14)20(24)22-17-10-6-9-16(13-17)21-19(23)15-11-12-15/h3-10,13,15,18H,2,11-12H2,1H3,(H,21,23)(H,22,24)/t18-/m1/s1. The number of nitrogens with one attached hydrogen (secondary N) is 2. The zero-order chi connectivity index (χ0) is 16.9. The van der Waals surface area contributed by atoms with Crippen LogP contribution in [0.3, 0.4) is 0 Å².